The number of aliphatic hydroxyl groups is 1. The lowest BCUT2D eigenvalue weighted by molar-refractivity contribution is -0.151. The second kappa shape index (κ2) is 12.6. The molecule has 39 heavy (non-hydrogen) atoms. The summed E-state index contributed by atoms with van der Waals surface area (Å²) in [5, 5.41) is 12.8. The zero-order chi connectivity index (χ0) is 27.4. The third-order valence-corrected chi connectivity index (χ3v) is 11.0. The van der Waals surface area contributed by atoms with Crippen LogP contribution in [0, 0.1) is 23.7 Å². The van der Waals surface area contributed by atoms with E-state index >= 15 is 0 Å². The number of methoxy groups -OCH3 is 1. The van der Waals surface area contributed by atoms with Gasteiger partial charge in [0.2, 0.25) is 16.3 Å². The van der Waals surface area contributed by atoms with Crippen LogP contribution >= 0.6 is 0 Å². The average Bonchev–Trinajstić information content (AvgIpc) is 3.72. The number of carbonyl (C=O) groups is 1. The second-order valence-corrected chi connectivity index (χ2v) is 13.4. The molecule has 5 rings (SSSR count). The van der Waals surface area contributed by atoms with Gasteiger partial charge in [-0.25, -0.2) is 8.42 Å². The van der Waals surface area contributed by atoms with Gasteiger partial charge in [0.1, 0.15) is 5.75 Å². The van der Waals surface area contributed by atoms with Crippen molar-refractivity contribution in [3.05, 3.63) is 36.1 Å². The molecule has 216 valence electrons. The van der Waals surface area contributed by atoms with Crippen LogP contribution in [0.3, 0.4) is 0 Å². The van der Waals surface area contributed by atoms with Gasteiger partial charge in [0, 0.05) is 25.6 Å². The Morgan fingerprint density at radius 2 is 1.82 bits per heavy atom. The molecule has 1 aromatic carbocycles. The van der Waals surface area contributed by atoms with Gasteiger partial charge >= 0.3 is 0 Å². The number of benzene rings is 1. The number of hydrogen-bond acceptors (Lipinski definition) is 7. The molecule has 1 heterocycles. The zero-order valence-corrected chi connectivity index (χ0v) is 23.6. The average molecular weight is 563 g/mol. The second-order valence-electron chi connectivity index (χ2n) is 11.5. The van der Waals surface area contributed by atoms with Gasteiger partial charge in [0.25, 0.3) is 5.91 Å². The first kappa shape index (κ1) is 28.4. The first-order valence-electron chi connectivity index (χ1n) is 14.4. The van der Waals surface area contributed by atoms with Gasteiger partial charge in [-0.1, -0.05) is 19.3 Å². The largest absolute Gasteiger partial charge is 0.497 e. The van der Waals surface area contributed by atoms with Crippen molar-refractivity contribution < 1.29 is 32.5 Å². The molecule has 3 fully saturated rings. The van der Waals surface area contributed by atoms with Gasteiger partial charge in [0.15, 0.2) is 5.76 Å². The van der Waals surface area contributed by atoms with E-state index in [9.17, 15) is 18.3 Å². The fourth-order valence-corrected chi connectivity index (χ4v) is 8.38. The molecular formula is C29H42N2O7S. The van der Waals surface area contributed by atoms with Gasteiger partial charge in [0.05, 0.1) is 25.2 Å². The molecule has 3 aliphatic carbocycles. The van der Waals surface area contributed by atoms with E-state index in [2.05, 4.69) is 5.32 Å². The third-order valence-electron chi connectivity index (χ3n) is 9.06. The lowest BCUT2D eigenvalue weighted by Gasteiger charge is -2.33. The van der Waals surface area contributed by atoms with Crippen LogP contribution in [-0.2, 0) is 24.3 Å². The van der Waals surface area contributed by atoms with Gasteiger partial charge in [-0.15, -0.1) is 0 Å². The summed E-state index contributed by atoms with van der Waals surface area (Å²) in [5.41, 5.74) is 0. The molecule has 1 aromatic rings. The lowest BCUT2D eigenvalue weighted by Crippen LogP contribution is -2.42. The SMILES string of the molecule is COc1ccc(S(=O)(=O)N(CCO)CCO[C@@H]2C[C@H](C3CCCC3)C=C(C(=O)NC3CC4CCC3C4)O2)cc1. The molecular weight excluding hydrogens is 520 g/mol. The van der Waals surface area contributed by atoms with Crippen LogP contribution in [0.15, 0.2) is 41.0 Å². The number of nitrogens with one attached hydrogen (secondary N) is 1. The van der Waals surface area contributed by atoms with Gasteiger partial charge in [-0.05, 0) is 86.1 Å². The van der Waals surface area contributed by atoms with E-state index < -0.39 is 16.3 Å². The maximum Gasteiger partial charge on any atom is 0.286 e. The summed E-state index contributed by atoms with van der Waals surface area (Å²) in [6, 6.07) is 6.38. The molecule has 1 aliphatic heterocycles. The van der Waals surface area contributed by atoms with Crippen LogP contribution in [0.4, 0.5) is 0 Å². The maximum absolute atomic E-state index is 13.3. The molecule has 0 aromatic heterocycles. The van der Waals surface area contributed by atoms with Crippen molar-refractivity contribution >= 4 is 15.9 Å². The number of sulfonamides is 1. The van der Waals surface area contributed by atoms with E-state index in [0.29, 0.717) is 29.8 Å². The minimum atomic E-state index is -3.84. The molecule has 1 amide bonds. The number of carbonyl (C=O) groups excluding carboxylic acids is 1. The van der Waals surface area contributed by atoms with Crippen molar-refractivity contribution in [1.29, 1.82) is 0 Å². The summed E-state index contributed by atoms with van der Waals surface area (Å²) in [4.78, 5) is 13.4. The number of aliphatic hydroxyl groups excluding tert-OH is 1. The number of fused-ring (bicyclic) bond motifs is 2. The Kier molecular flexibility index (Phi) is 9.16. The molecule has 3 saturated carbocycles. The molecule has 0 saturated heterocycles. The fraction of sp³-hybridized carbons (Fsp3) is 0.690. The van der Waals surface area contributed by atoms with Crippen LogP contribution in [-0.4, -0.2) is 69.5 Å². The van der Waals surface area contributed by atoms with E-state index in [1.807, 2.05) is 6.08 Å². The van der Waals surface area contributed by atoms with Crippen molar-refractivity contribution in [2.45, 2.75) is 75.0 Å². The Bertz CT molecular complexity index is 1120. The quantitative estimate of drug-likeness (QED) is 0.401. The van der Waals surface area contributed by atoms with Crippen molar-refractivity contribution in [2.75, 3.05) is 33.4 Å². The Morgan fingerprint density at radius 3 is 2.46 bits per heavy atom. The number of rotatable bonds is 12. The maximum atomic E-state index is 13.3. The van der Waals surface area contributed by atoms with Crippen molar-refractivity contribution in [3.8, 4) is 5.75 Å². The minimum absolute atomic E-state index is 0.0505. The summed E-state index contributed by atoms with van der Waals surface area (Å²) in [5.74, 6) is 2.75. The van der Waals surface area contributed by atoms with Crippen LogP contribution < -0.4 is 10.1 Å². The molecule has 2 N–H and O–H groups in total. The van der Waals surface area contributed by atoms with E-state index in [1.54, 1.807) is 12.1 Å². The molecule has 4 aliphatic rings. The van der Waals surface area contributed by atoms with Crippen molar-refractivity contribution in [2.24, 2.45) is 23.7 Å². The van der Waals surface area contributed by atoms with Gasteiger partial charge in [-0.2, -0.15) is 4.31 Å². The topological polar surface area (TPSA) is 114 Å². The summed E-state index contributed by atoms with van der Waals surface area (Å²) in [7, 11) is -2.32. The van der Waals surface area contributed by atoms with Crippen molar-refractivity contribution in [1.82, 2.24) is 9.62 Å². The Labute approximate surface area is 231 Å². The number of allylic oxidation sites excluding steroid dienone is 1. The normalized spacial score (nSPS) is 28.9. The number of ether oxygens (including phenoxy) is 3. The monoisotopic (exact) mass is 562 g/mol. The van der Waals surface area contributed by atoms with Crippen LogP contribution in [0.1, 0.15) is 57.8 Å². The Morgan fingerprint density at radius 1 is 1.05 bits per heavy atom. The number of nitrogens with zero attached hydrogens (tertiary/aromatic N) is 1. The first-order chi connectivity index (χ1) is 18.9. The summed E-state index contributed by atoms with van der Waals surface area (Å²) in [6.07, 6.45) is 11.4. The fourth-order valence-electron chi connectivity index (χ4n) is 6.97. The Balaban J connectivity index is 1.21. The van der Waals surface area contributed by atoms with Crippen LogP contribution in [0.25, 0.3) is 0 Å². The highest BCUT2D eigenvalue weighted by Crippen LogP contribution is 2.45. The van der Waals surface area contributed by atoms with Crippen LogP contribution in [0.2, 0.25) is 0 Å². The molecule has 2 bridgehead atoms. The third kappa shape index (κ3) is 6.61. The standard InChI is InChI=1S/C29H42N2O7S/c1-36-24-8-10-25(11-9-24)39(34,35)31(12-14-32)13-15-37-28-19-23(21-4-2-3-5-21)18-27(38-28)29(33)30-26-17-20-6-7-22(26)16-20/h8-11,18,20-23,26,28,32H,2-7,12-17,19H2,1H3,(H,30,33)/t20?,22?,23-,26?,28+/m1/s1. The molecule has 3 unspecified atom stereocenters. The van der Waals surface area contributed by atoms with Crippen molar-refractivity contribution in [3.63, 3.8) is 0 Å². The van der Waals surface area contributed by atoms with E-state index in [0.717, 1.165) is 25.2 Å². The highest BCUT2D eigenvalue weighted by atomic mass is 32.2. The predicted molar refractivity (Wildman–Crippen MR) is 145 cm³/mol. The molecule has 5 atom stereocenters. The Hall–Kier alpha value is -2.14. The number of amides is 1. The number of hydrogen-bond donors (Lipinski definition) is 2. The van der Waals surface area contributed by atoms with Crippen LogP contribution in [0.5, 0.6) is 5.75 Å². The molecule has 0 radical (unpaired) electrons. The van der Waals surface area contributed by atoms with E-state index in [1.165, 1.54) is 55.7 Å². The molecule has 0 spiro atoms. The summed E-state index contributed by atoms with van der Waals surface area (Å²) < 4.78 is 44.9. The van der Waals surface area contributed by atoms with E-state index in [4.69, 9.17) is 14.2 Å². The summed E-state index contributed by atoms with van der Waals surface area (Å²) in [6.45, 7) is -0.224. The minimum Gasteiger partial charge on any atom is -0.497 e. The predicted octanol–water partition coefficient (Wildman–Crippen LogP) is 3.44. The summed E-state index contributed by atoms with van der Waals surface area (Å²) >= 11 is 0. The molecule has 10 heteroatoms. The van der Waals surface area contributed by atoms with E-state index in [-0.39, 0.29) is 49.1 Å². The van der Waals surface area contributed by atoms with Gasteiger partial charge in [-0.3, -0.25) is 4.79 Å². The zero-order valence-electron chi connectivity index (χ0n) is 22.8. The first-order valence-corrected chi connectivity index (χ1v) is 15.9. The highest BCUT2D eigenvalue weighted by molar-refractivity contribution is 7.89. The smallest absolute Gasteiger partial charge is 0.286 e. The molecule has 9 nitrogen and oxygen atoms in total. The highest BCUT2D eigenvalue weighted by Gasteiger charge is 2.41. The van der Waals surface area contributed by atoms with Gasteiger partial charge < -0.3 is 24.6 Å². The lowest BCUT2D eigenvalue weighted by atomic mass is 9.86.